The number of rotatable bonds is 4. The number of aliphatic hydroxyl groups is 1. The molecule has 1 saturated heterocycles. The molecule has 0 aromatic heterocycles. The minimum absolute atomic E-state index is 0.118. The van der Waals surface area contributed by atoms with Crippen molar-refractivity contribution >= 4 is 17.7 Å². The number of carbonyl (C=O) groups is 1. The number of morpholine rings is 1. The second kappa shape index (κ2) is 5.79. The van der Waals surface area contributed by atoms with Crippen molar-refractivity contribution in [1.82, 2.24) is 0 Å². The molecule has 2 rings (SSSR count). The van der Waals surface area contributed by atoms with Gasteiger partial charge < -0.3 is 14.7 Å². The number of benzene rings is 1. The highest BCUT2D eigenvalue weighted by Gasteiger charge is 2.34. The Bertz CT molecular complexity index is 558. The Morgan fingerprint density at radius 3 is 2.86 bits per heavy atom. The Labute approximate surface area is 122 Å². The maximum Gasteiger partial charge on any atom is 0.270 e. The van der Waals surface area contributed by atoms with E-state index >= 15 is 0 Å². The van der Waals surface area contributed by atoms with E-state index in [0.717, 1.165) is 0 Å². The van der Waals surface area contributed by atoms with Crippen molar-refractivity contribution in [2.24, 2.45) is 0 Å². The van der Waals surface area contributed by atoms with Crippen molar-refractivity contribution < 1.29 is 19.6 Å². The van der Waals surface area contributed by atoms with E-state index in [0.29, 0.717) is 25.1 Å². The van der Waals surface area contributed by atoms with Crippen LogP contribution in [-0.2, 0) is 4.74 Å². The standard InChI is InChI=1S/C14H18N2O5/c1-14(2)9-15(6-12(8-18)21-14)13-4-3-11(16(19)20)5-10(13)7-17/h3-5,7,12,18H,6,8-9H2,1-2H3. The molecule has 0 amide bonds. The van der Waals surface area contributed by atoms with Gasteiger partial charge in [-0.05, 0) is 19.9 Å². The molecule has 7 nitrogen and oxygen atoms in total. The molecule has 1 unspecified atom stereocenters. The molecule has 1 N–H and O–H groups in total. The van der Waals surface area contributed by atoms with Gasteiger partial charge in [-0.15, -0.1) is 0 Å². The molecule has 1 aromatic carbocycles. The first-order valence-corrected chi connectivity index (χ1v) is 6.63. The molecule has 1 aliphatic rings. The Balaban J connectivity index is 2.36. The summed E-state index contributed by atoms with van der Waals surface area (Å²) >= 11 is 0. The molecular weight excluding hydrogens is 276 g/mol. The fourth-order valence-electron chi connectivity index (χ4n) is 2.61. The highest BCUT2D eigenvalue weighted by molar-refractivity contribution is 5.86. The first-order valence-electron chi connectivity index (χ1n) is 6.63. The highest BCUT2D eigenvalue weighted by atomic mass is 16.6. The summed E-state index contributed by atoms with van der Waals surface area (Å²) in [6, 6.07) is 4.20. The molecule has 0 aliphatic carbocycles. The molecule has 114 valence electrons. The predicted molar refractivity (Wildman–Crippen MR) is 76.7 cm³/mol. The monoisotopic (exact) mass is 294 g/mol. The van der Waals surface area contributed by atoms with Gasteiger partial charge in [0.05, 0.1) is 23.2 Å². The van der Waals surface area contributed by atoms with Gasteiger partial charge in [0.2, 0.25) is 0 Å². The van der Waals surface area contributed by atoms with E-state index in [4.69, 9.17) is 4.74 Å². The molecule has 1 aromatic rings. The number of ether oxygens (including phenoxy) is 1. The predicted octanol–water partition coefficient (Wildman–Crippen LogP) is 1.38. The van der Waals surface area contributed by atoms with E-state index in [-0.39, 0.29) is 24.0 Å². The molecule has 1 heterocycles. The van der Waals surface area contributed by atoms with Crippen LogP contribution in [0.4, 0.5) is 11.4 Å². The highest BCUT2D eigenvalue weighted by Crippen LogP contribution is 2.30. The largest absolute Gasteiger partial charge is 0.394 e. The van der Waals surface area contributed by atoms with Crippen LogP contribution in [0, 0.1) is 10.1 Å². The molecule has 1 aliphatic heterocycles. The minimum Gasteiger partial charge on any atom is -0.394 e. The van der Waals surface area contributed by atoms with Crippen LogP contribution in [0.3, 0.4) is 0 Å². The Kier molecular flexibility index (Phi) is 4.24. The smallest absolute Gasteiger partial charge is 0.270 e. The van der Waals surface area contributed by atoms with Crippen LogP contribution in [0.15, 0.2) is 18.2 Å². The summed E-state index contributed by atoms with van der Waals surface area (Å²) in [6.07, 6.45) is 0.252. The van der Waals surface area contributed by atoms with Crippen molar-refractivity contribution in [3.8, 4) is 0 Å². The summed E-state index contributed by atoms with van der Waals surface area (Å²) in [7, 11) is 0. The van der Waals surface area contributed by atoms with E-state index in [2.05, 4.69) is 0 Å². The number of aliphatic hydroxyl groups excluding tert-OH is 1. The summed E-state index contributed by atoms with van der Waals surface area (Å²) in [5.74, 6) is 0. The van der Waals surface area contributed by atoms with Crippen molar-refractivity contribution in [3.63, 3.8) is 0 Å². The number of nitrogens with zero attached hydrogens (tertiary/aromatic N) is 2. The van der Waals surface area contributed by atoms with E-state index in [1.54, 1.807) is 6.07 Å². The van der Waals surface area contributed by atoms with E-state index in [1.807, 2.05) is 18.7 Å². The van der Waals surface area contributed by atoms with E-state index < -0.39 is 10.5 Å². The zero-order chi connectivity index (χ0) is 15.6. The number of hydrogen-bond donors (Lipinski definition) is 1. The lowest BCUT2D eigenvalue weighted by Crippen LogP contribution is -2.54. The Hall–Kier alpha value is -1.99. The maximum absolute atomic E-state index is 11.2. The molecule has 1 fully saturated rings. The van der Waals surface area contributed by atoms with Crippen LogP contribution in [0.25, 0.3) is 0 Å². The fraction of sp³-hybridized carbons (Fsp3) is 0.500. The van der Waals surface area contributed by atoms with Crippen molar-refractivity contribution in [2.45, 2.75) is 25.6 Å². The zero-order valence-electron chi connectivity index (χ0n) is 12.0. The number of carbonyl (C=O) groups excluding carboxylic acids is 1. The molecule has 0 radical (unpaired) electrons. The first kappa shape index (κ1) is 15.4. The van der Waals surface area contributed by atoms with Crippen LogP contribution in [0.1, 0.15) is 24.2 Å². The van der Waals surface area contributed by atoms with Gasteiger partial charge in [0.15, 0.2) is 6.29 Å². The van der Waals surface area contributed by atoms with Crippen molar-refractivity contribution in [1.29, 1.82) is 0 Å². The maximum atomic E-state index is 11.2. The van der Waals surface area contributed by atoms with Crippen LogP contribution in [-0.4, -0.2) is 47.7 Å². The number of nitro groups is 1. The summed E-state index contributed by atoms with van der Waals surface area (Å²) in [4.78, 5) is 23.4. The van der Waals surface area contributed by atoms with E-state index in [9.17, 15) is 20.0 Å². The Morgan fingerprint density at radius 1 is 1.57 bits per heavy atom. The van der Waals surface area contributed by atoms with Gasteiger partial charge in [-0.1, -0.05) is 0 Å². The minimum atomic E-state index is -0.531. The molecule has 1 atom stereocenters. The van der Waals surface area contributed by atoms with Gasteiger partial charge in [-0.2, -0.15) is 0 Å². The molecule has 21 heavy (non-hydrogen) atoms. The van der Waals surface area contributed by atoms with E-state index in [1.165, 1.54) is 12.1 Å². The average Bonchev–Trinajstić information content (AvgIpc) is 2.44. The molecule has 0 spiro atoms. The normalized spacial score (nSPS) is 21.1. The number of aldehydes is 1. The summed E-state index contributed by atoms with van der Waals surface area (Å²) in [6.45, 7) is 4.63. The van der Waals surface area contributed by atoms with Gasteiger partial charge in [0, 0.05) is 36.5 Å². The van der Waals surface area contributed by atoms with Crippen molar-refractivity contribution in [3.05, 3.63) is 33.9 Å². The van der Waals surface area contributed by atoms with Crippen molar-refractivity contribution in [2.75, 3.05) is 24.6 Å². The number of anilines is 1. The molecule has 7 heteroatoms. The Morgan fingerprint density at radius 2 is 2.29 bits per heavy atom. The fourth-order valence-corrected chi connectivity index (χ4v) is 2.61. The lowest BCUT2D eigenvalue weighted by atomic mass is 10.0. The van der Waals surface area contributed by atoms with Gasteiger partial charge in [0.25, 0.3) is 5.69 Å². The first-order chi connectivity index (χ1) is 9.86. The third-order valence-electron chi connectivity index (χ3n) is 3.37. The van der Waals surface area contributed by atoms with Gasteiger partial charge in [-0.25, -0.2) is 0 Å². The SMILES string of the molecule is CC1(C)CN(c2ccc([N+](=O)[O-])cc2C=O)CC(CO)O1. The third kappa shape index (κ3) is 3.37. The topological polar surface area (TPSA) is 92.9 Å². The summed E-state index contributed by atoms with van der Waals surface area (Å²) < 4.78 is 5.72. The van der Waals surface area contributed by atoms with Crippen LogP contribution in [0.5, 0.6) is 0 Å². The second-order valence-corrected chi connectivity index (χ2v) is 5.68. The van der Waals surface area contributed by atoms with Gasteiger partial charge >= 0.3 is 0 Å². The average molecular weight is 294 g/mol. The molecule has 0 saturated carbocycles. The summed E-state index contributed by atoms with van der Waals surface area (Å²) in [5, 5.41) is 20.1. The number of nitro benzene ring substituents is 1. The van der Waals surface area contributed by atoms with Crippen LogP contribution >= 0.6 is 0 Å². The van der Waals surface area contributed by atoms with Gasteiger partial charge in [-0.3, -0.25) is 14.9 Å². The quantitative estimate of drug-likeness (QED) is 0.512. The zero-order valence-corrected chi connectivity index (χ0v) is 12.0. The second-order valence-electron chi connectivity index (χ2n) is 5.68. The molecule has 0 bridgehead atoms. The lowest BCUT2D eigenvalue weighted by molar-refractivity contribution is -0.384. The number of non-ortho nitro benzene ring substituents is 1. The summed E-state index contributed by atoms with van der Waals surface area (Å²) in [5.41, 5.74) is 0.282. The van der Waals surface area contributed by atoms with Crippen LogP contribution in [0.2, 0.25) is 0 Å². The van der Waals surface area contributed by atoms with Gasteiger partial charge in [0.1, 0.15) is 0 Å². The lowest BCUT2D eigenvalue weighted by Gasteiger charge is -2.43. The van der Waals surface area contributed by atoms with Crippen LogP contribution < -0.4 is 4.90 Å². The molecular formula is C14H18N2O5. The number of hydrogen-bond acceptors (Lipinski definition) is 6. The third-order valence-corrected chi connectivity index (χ3v) is 3.37.